The van der Waals surface area contributed by atoms with E-state index in [1.54, 1.807) is 0 Å². The third kappa shape index (κ3) is 3.09. The summed E-state index contributed by atoms with van der Waals surface area (Å²) in [6.45, 7) is 10.6. The van der Waals surface area contributed by atoms with E-state index in [-0.39, 0.29) is 0 Å². The molecule has 0 aromatic rings. The lowest BCUT2D eigenvalue weighted by Gasteiger charge is -2.43. The Labute approximate surface area is 137 Å². The van der Waals surface area contributed by atoms with E-state index >= 15 is 0 Å². The van der Waals surface area contributed by atoms with Gasteiger partial charge in [-0.15, -0.1) is 0 Å². The van der Waals surface area contributed by atoms with E-state index in [0.29, 0.717) is 0 Å². The lowest BCUT2D eigenvalue weighted by molar-refractivity contribution is 0.0580. The van der Waals surface area contributed by atoms with Crippen LogP contribution in [0.1, 0.15) is 45.4 Å². The number of hydrogen-bond acceptors (Lipinski definition) is 3. The maximum Gasteiger partial charge on any atom is 0.0120 e. The zero-order valence-electron chi connectivity index (χ0n) is 14.7. The Morgan fingerprint density at radius 2 is 1.41 bits per heavy atom. The molecule has 1 saturated carbocycles. The molecule has 4 aliphatic rings. The van der Waals surface area contributed by atoms with E-state index in [1.807, 2.05) is 0 Å². The molecule has 3 heterocycles. The van der Waals surface area contributed by atoms with Crippen molar-refractivity contribution in [1.29, 1.82) is 0 Å². The van der Waals surface area contributed by atoms with Crippen LogP contribution in [0, 0.1) is 17.8 Å². The van der Waals surface area contributed by atoms with Crippen LogP contribution in [0.4, 0.5) is 0 Å². The van der Waals surface area contributed by atoms with Crippen molar-refractivity contribution in [3.63, 3.8) is 0 Å². The Morgan fingerprint density at radius 1 is 0.727 bits per heavy atom. The van der Waals surface area contributed by atoms with Crippen LogP contribution >= 0.6 is 0 Å². The van der Waals surface area contributed by atoms with Gasteiger partial charge in [-0.05, 0) is 83.0 Å². The smallest absolute Gasteiger partial charge is 0.0120 e. The zero-order valence-corrected chi connectivity index (χ0v) is 14.7. The molecule has 3 heteroatoms. The van der Waals surface area contributed by atoms with Gasteiger partial charge < -0.3 is 14.7 Å². The fourth-order valence-corrected chi connectivity index (χ4v) is 5.97. The van der Waals surface area contributed by atoms with Gasteiger partial charge in [0.25, 0.3) is 0 Å². The molecule has 4 fully saturated rings. The predicted molar refractivity (Wildman–Crippen MR) is 92.1 cm³/mol. The fraction of sp³-hybridized carbons (Fsp3) is 1.00. The van der Waals surface area contributed by atoms with Crippen molar-refractivity contribution in [2.45, 2.75) is 57.5 Å². The van der Waals surface area contributed by atoms with Gasteiger partial charge in [0.05, 0.1) is 0 Å². The summed E-state index contributed by atoms with van der Waals surface area (Å²) in [6, 6.07) is 1.82. The zero-order chi connectivity index (χ0) is 15.1. The topological polar surface area (TPSA) is 9.72 Å². The molecule has 0 amide bonds. The molecule has 0 spiro atoms. The van der Waals surface area contributed by atoms with E-state index in [2.05, 4.69) is 28.7 Å². The van der Waals surface area contributed by atoms with Crippen LogP contribution in [0.25, 0.3) is 0 Å². The number of piperidine rings is 2. The maximum atomic E-state index is 2.86. The van der Waals surface area contributed by atoms with Gasteiger partial charge in [0.2, 0.25) is 0 Å². The Balaban J connectivity index is 1.26. The van der Waals surface area contributed by atoms with Crippen LogP contribution < -0.4 is 0 Å². The SMILES string of the molecule is CC1CCCN(C2CCN(C3CC4CN(C)CC4C3)CC2)C1. The molecule has 0 N–H and O–H groups in total. The lowest BCUT2D eigenvalue weighted by atomic mass is 9.94. The Bertz CT molecular complexity index is 363. The molecule has 3 atom stereocenters. The largest absolute Gasteiger partial charge is 0.306 e. The standard InChI is InChI=1S/C19H35N3/c1-15-4-3-7-22(12-15)18-5-8-21(9-6-18)19-10-16-13-20(2)14-17(16)11-19/h15-19H,3-14H2,1-2H3. The van der Waals surface area contributed by atoms with Crippen LogP contribution in [-0.2, 0) is 0 Å². The highest BCUT2D eigenvalue weighted by molar-refractivity contribution is 4.96. The number of hydrogen-bond donors (Lipinski definition) is 0. The first-order valence-electron chi connectivity index (χ1n) is 9.85. The molecule has 0 radical (unpaired) electrons. The minimum absolute atomic E-state index is 0.894. The summed E-state index contributed by atoms with van der Waals surface area (Å²) in [5.41, 5.74) is 0. The molecule has 22 heavy (non-hydrogen) atoms. The van der Waals surface area contributed by atoms with E-state index in [4.69, 9.17) is 0 Å². The van der Waals surface area contributed by atoms with Crippen molar-refractivity contribution in [2.75, 3.05) is 46.3 Å². The quantitative estimate of drug-likeness (QED) is 0.776. The van der Waals surface area contributed by atoms with Crippen LogP contribution in [0.2, 0.25) is 0 Å². The number of fused-ring (bicyclic) bond motifs is 1. The van der Waals surface area contributed by atoms with E-state index < -0.39 is 0 Å². The maximum absolute atomic E-state index is 2.86. The Hall–Kier alpha value is -0.120. The Morgan fingerprint density at radius 3 is 2.05 bits per heavy atom. The van der Waals surface area contributed by atoms with Gasteiger partial charge in [-0.1, -0.05) is 6.92 Å². The predicted octanol–water partition coefficient (Wildman–Crippen LogP) is 2.52. The second-order valence-corrected chi connectivity index (χ2v) is 8.88. The van der Waals surface area contributed by atoms with Crippen LogP contribution in [0.3, 0.4) is 0 Å². The second kappa shape index (κ2) is 6.41. The third-order valence-electron chi connectivity index (χ3n) is 7.13. The first-order valence-corrected chi connectivity index (χ1v) is 9.85. The van der Waals surface area contributed by atoms with E-state index in [9.17, 15) is 0 Å². The molecule has 0 aromatic carbocycles. The van der Waals surface area contributed by atoms with Gasteiger partial charge in [-0.2, -0.15) is 0 Å². The van der Waals surface area contributed by atoms with Crippen molar-refractivity contribution >= 4 is 0 Å². The first-order chi connectivity index (χ1) is 10.7. The first kappa shape index (κ1) is 15.4. The molecule has 3 unspecified atom stereocenters. The summed E-state index contributed by atoms with van der Waals surface area (Å²) in [5.74, 6) is 2.95. The summed E-state index contributed by atoms with van der Waals surface area (Å²) in [7, 11) is 2.30. The fourth-order valence-electron chi connectivity index (χ4n) is 5.97. The van der Waals surface area contributed by atoms with Crippen molar-refractivity contribution in [2.24, 2.45) is 17.8 Å². The summed E-state index contributed by atoms with van der Waals surface area (Å²) in [5, 5.41) is 0. The highest BCUT2D eigenvalue weighted by Gasteiger charge is 2.42. The monoisotopic (exact) mass is 305 g/mol. The number of nitrogens with zero attached hydrogens (tertiary/aromatic N) is 3. The van der Waals surface area contributed by atoms with Crippen molar-refractivity contribution in [3.8, 4) is 0 Å². The van der Waals surface area contributed by atoms with Crippen LogP contribution in [-0.4, -0.2) is 73.1 Å². The molecule has 1 aliphatic carbocycles. The molecular formula is C19H35N3. The van der Waals surface area contributed by atoms with Crippen molar-refractivity contribution in [3.05, 3.63) is 0 Å². The van der Waals surface area contributed by atoms with Gasteiger partial charge in [-0.3, -0.25) is 0 Å². The normalized spacial score (nSPS) is 42.8. The molecule has 3 aliphatic heterocycles. The number of rotatable bonds is 2. The summed E-state index contributed by atoms with van der Waals surface area (Å²) >= 11 is 0. The average Bonchev–Trinajstić information content (AvgIpc) is 3.05. The molecular weight excluding hydrogens is 270 g/mol. The minimum atomic E-state index is 0.894. The van der Waals surface area contributed by atoms with E-state index in [0.717, 1.165) is 29.8 Å². The molecule has 126 valence electrons. The molecule has 0 bridgehead atoms. The second-order valence-electron chi connectivity index (χ2n) is 8.88. The third-order valence-corrected chi connectivity index (χ3v) is 7.13. The van der Waals surface area contributed by atoms with Crippen LogP contribution in [0.15, 0.2) is 0 Å². The molecule has 3 saturated heterocycles. The van der Waals surface area contributed by atoms with Gasteiger partial charge in [0, 0.05) is 31.7 Å². The summed E-state index contributed by atoms with van der Waals surface area (Å²) < 4.78 is 0. The molecule has 4 rings (SSSR count). The van der Waals surface area contributed by atoms with Gasteiger partial charge >= 0.3 is 0 Å². The average molecular weight is 306 g/mol. The van der Waals surface area contributed by atoms with Crippen LogP contribution in [0.5, 0.6) is 0 Å². The van der Waals surface area contributed by atoms with Crippen molar-refractivity contribution in [1.82, 2.24) is 14.7 Å². The lowest BCUT2D eigenvalue weighted by Crippen LogP contribution is -2.50. The van der Waals surface area contributed by atoms with Gasteiger partial charge in [-0.25, -0.2) is 0 Å². The van der Waals surface area contributed by atoms with Gasteiger partial charge in [0.1, 0.15) is 0 Å². The van der Waals surface area contributed by atoms with Gasteiger partial charge in [0.15, 0.2) is 0 Å². The number of likely N-dealkylation sites (tertiary alicyclic amines) is 3. The molecule has 3 nitrogen and oxygen atoms in total. The van der Waals surface area contributed by atoms with Crippen molar-refractivity contribution < 1.29 is 0 Å². The Kier molecular flexibility index (Phi) is 4.49. The minimum Gasteiger partial charge on any atom is -0.306 e. The summed E-state index contributed by atoms with van der Waals surface area (Å²) in [4.78, 5) is 8.24. The summed E-state index contributed by atoms with van der Waals surface area (Å²) in [6.07, 6.45) is 8.72. The highest BCUT2D eigenvalue weighted by atomic mass is 15.2. The van der Waals surface area contributed by atoms with E-state index in [1.165, 1.54) is 77.8 Å². The highest BCUT2D eigenvalue weighted by Crippen LogP contribution is 2.40. The molecule has 0 aromatic heterocycles.